The SMILES string of the molecule is CC(C)(C)NCc1coc(Oc2ccc(F)cc2)n1. The molecule has 0 spiro atoms. The summed E-state index contributed by atoms with van der Waals surface area (Å²) in [5.41, 5.74) is 0.767. The summed E-state index contributed by atoms with van der Waals surface area (Å²) in [5.74, 6) is 0.174. The first-order valence-electron chi connectivity index (χ1n) is 6.05. The Hall–Kier alpha value is -1.88. The van der Waals surface area contributed by atoms with Gasteiger partial charge in [0.2, 0.25) is 0 Å². The average molecular weight is 264 g/mol. The summed E-state index contributed by atoms with van der Waals surface area (Å²) in [6.07, 6.45) is 1.69. The van der Waals surface area contributed by atoms with Crippen molar-refractivity contribution >= 4 is 0 Å². The molecule has 0 fully saturated rings. The summed E-state index contributed by atoms with van der Waals surface area (Å²) in [5, 5.41) is 3.30. The highest BCUT2D eigenvalue weighted by Gasteiger charge is 2.11. The van der Waals surface area contributed by atoms with Crippen molar-refractivity contribution in [2.45, 2.75) is 32.9 Å². The lowest BCUT2D eigenvalue weighted by atomic mass is 10.1. The monoisotopic (exact) mass is 264 g/mol. The Balaban J connectivity index is 1.95. The molecule has 0 aliphatic carbocycles. The van der Waals surface area contributed by atoms with E-state index in [1.165, 1.54) is 30.5 Å². The lowest BCUT2D eigenvalue weighted by molar-refractivity contribution is 0.330. The average Bonchev–Trinajstić information content (AvgIpc) is 2.77. The molecule has 4 nitrogen and oxygen atoms in total. The van der Waals surface area contributed by atoms with Crippen LogP contribution in [0.5, 0.6) is 11.8 Å². The number of aromatic nitrogens is 1. The van der Waals surface area contributed by atoms with Gasteiger partial charge >= 0.3 is 6.08 Å². The molecule has 0 amide bonds. The van der Waals surface area contributed by atoms with Gasteiger partial charge < -0.3 is 14.5 Å². The Bertz CT molecular complexity index is 529. The van der Waals surface area contributed by atoms with Gasteiger partial charge in [-0.25, -0.2) is 4.39 Å². The fourth-order valence-corrected chi connectivity index (χ4v) is 1.38. The topological polar surface area (TPSA) is 47.3 Å². The molecule has 2 rings (SSSR count). The molecule has 1 N–H and O–H groups in total. The second kappa shape index (κ2) is 5.40. The number of nitrogens with one attached hydrogen (secondary N) is 1. The van der Waals surface area contributed by atoms with Crippen LogP contribution in [0, 0.1) is 5.82 Å². The van der Waals surface area contributed by atoms with Crippen LogP contribution < -0.4 is 10.1 Å². The van der Waals surface area contributed by atoms with Crippen molar-refractivity contribution in [1.82, 2.24) is 10.3 Å². The largest absolute Gasteiger partial charge is 0.417 e. The van der Waals surface area contributed by atoms with Crippen LogP contribution in [0.4, 0.5) is 4.39 Å². The minimum Gasteiger partial charge on any atom is -0.417 e. The third-order valence-corrected chi connectivity index (χ3v) is 2.35. The number of oxazole rings is 1. The van der Waals surface area contributed by atoms with E-state index in [2.05, 4.69) is 31.1 Å². The van der Waals surface area contributed by atoms with E-state index in [1.54, 1.807) is 0 Å². The van der Waals surface area contributed by atoms with Gasteiger partial charge in [-0.15, -0.1) is 0 Å². The first kappa shape index (κ1) is 13.5. The number of nitrogens with zero attached hydrogens (tertiary/aromatic N) is 1. The number of rotatable bonds is 4. The Morgan fingerprint density at radius 1 is 1.26 bits per heavy atom. The molecule has 0 aliphatic rings. The molecule has 1 heterocycles. The fourth-order valence-electron chi connectivity index (χ4n) is 1.38. The summed E-state index contributed by atoms with van der Waals surface area (Å²) in [4.78, 5) is 4.19. The lowest BCUT2D eigenvalue weighted by Gasteiger charge is -2.19. The van der Waals surface area contributed by atoms with Gasteiger partial charge in [-0.05, 0) is 45.0 Å². The van der Waals surface area contributed by atoms with Gasteiger partial charge in [-0.3, -0.25) is 0 Å². The molecule has 0 radical (unpaired) electrons. The minimum absolute atomic E-state index is 0.0108. The molecule has 102 valence electrons. The Morgan fingerprint density at radius 2 is 1.95 bits per heavy atom. The maximum absolute atomic E-state index is 12.7. The molecule has 19 heavy (non-hydrogen) atoms. The molecule has 0 saturated carbocycles. The van der Waals surface area contributed by atoms with Crippen LogP contribution in [0.2, 0.25) is 0 Å². The van der Waals surface area contributed by atoms with Crippen molar-refractivity contribution in [3.63, 3.8) is 0 Å². The second-order valence-electron chi connectivity index (χ2n) is 5.26. The van der Waals surface area contributed by atoms with Crippen molar-refractivity contribution in [3.05, 3.63) is 42.0 Å². The first-order chi connectivity index (χ1) is 8.92. The van der Waals surface area contributed by atoms with Crippen molar-refractivity contribution in [2.24, 2.45) is 0 Å². The summed E-state index contributed by atoms with van der Waals surface area (Å²) in [7, 11) is 0. The van der Waals surface area contributed by atoms with E-state index in [4.69, 9.17) is 9.15 Å². The normalized spacial score (nSPS) is 11.6. The van der Waals surface area contributed by atoms with Gasteiger partial charge in [0, 0.05) is 12.1 Å². The van der Waals surface area contributed by atoms with Crippen LogP contribution in [0.15, 0.2) is 34.9 Å². The molecule has 5 heteroatoms. The molecule has 0 bridgehead atoms. The highest BCUT2D eigenvalue weighted by Crippen LogP contribution is 2.20. The maximum Gasteiger partial charge on any atom is 0.399 e. The summed E-state index contributed by atoms with van der Waals surface area (Å²) < 4.78 is 23.3. The summed E-state index contributed by atoms with van der Waals surface area (Å²) >= 11 is 0. The number of hydrogen-bond acceptors (Lipinski definition) is 4. The summed E-state index contributed by atoms with van der Waals surface area (Å²) in [6, 6.07) is 5.68. The van der Waals surface area contributed by atoms with Crippen LogP contribution in [-0.4, -0.2) is 10.5 Å². The van der Waals surface area contributed by atoms with Gasteiger partial charge in [0.1, 0.15) is 17.8 Å². The smallest absolute Gasteiger partial charge is 0.399 e. The third-order valence-electron chi connectivity index (χ3n) is 2.35. The van der Waals surface area contributed by atoms with Gasteiger partial charge in [0.25, 0.3) is 0 Å². The molecule has 1 aromatic heterocycles. The second-order valence-corrected chi connectivity index (χ2v) is 5.26. The minimum atomic E-state index is -0.310. The first-order valence-corrected chi connectivity index (χ1v) is 6.05. The lowest BCUT2D eigenvalue weighted by Crippen LogP contribution is -2.35. The van der Waals surface area contributed by atoms with E-state index in [0.717, 1.165) is 5.69 Å². The molecular weight excluding hydrogens is 247 g/mol. The number of ether oxygens (including phenoxy) is 1. The van der Waals surface area contributed by atoms with Crippen LogP contribution in [0.3, 0.4) is 0 Å². The molecular formula is C14H17FN2O2. The summed E-state index contributed by atoms with van der Waals surface area (Å²) in [6.45, 7) is 6.81. The predicted octanol–water partition coefficient (Wildman–Crippen LogP) is 3.49. The van der Waals surface area contributed by atoms with Crippen LogP contribution in [0.25, 0.3) is 0 Å². The Labute approximate surface area is 111 Å². The van der Waals surface area contributed by atoms with Crippen LogP contribution in [-0.2, 0) is 6.54 Å². The molecule has 0 atom stereocenters. The van der Waals surface area contributed by atoms with E-state index in [0.29, 0.717) is 12.3 Å². The van der Waals surface area contributed by atoms with Crippen LogP contribution in [0.1, 0.15) is 26.5 Å². The maximum atomic E-state index is 12.7. The highest BCUT2D eigenvalue weighted by molar-refractivity contribution is 5.24. The predicted molar refractivity (Wildman–Crippen MR) is 69.6 cm³/mol. The molecule has 1 aromatic carbocycles. The van der Waals surface area contributed by atoms with E-state index < -0.39 is 0 Å². The standard InChI is InChI=1S/C14H17FN2O2/c1-14(2,3)16-8-11-9-18-13(17-11)19-12-6-4-10(15)5-7-12/h4-7,9,16H,8H2,1-3H3. The van der Waals surface area contributed by atoms with E-state index >= 15 is 0 Å². The van der Waals surface area contributed by atoms with E-state index in [-0.39, 0.29) is 17.4 Å². The zero-order valence-electron chi connectivity index (χ0n) is 11.2. The third kappa shape index (κ3) is 4.37. The Kier molecular flexibility index (Phi) is 3.85. The number of halogens is 1. The van der Waals surface area contributed by atoms with Gasteiger partial charge in [0.15, 0.2) is 0 Å². The quantitative estimate of drug-likeness (QED) is 0.918. The van der Waals surface area contributed by atoms with E-state index in [9.17, 15) is 4.39 Å². The molecule has 0 aliphatic heterocycles. The fraction of sp³-hybridized carbons (Fsp3) is 0.357. The highest BCUT2D eigenvalue weighted by atomic mass is 19.1. The zero-order chi connectivity index (χ0) is 13.9. The molecule has 0 saturated heterocycles. The molecule has 0 unspecified atom stereocenters. The van der Waals surface area contributed by atoms with Gasteiger partial charge in [0.05, 0.1) is 5.69 Å². The Morgan fingerprint density at radius 3 is 2.58 bits per heavy atom. The van der Waals surface area contributed by atoms with Gasteiger partial charge in [-0.1, -0.05) is 0 Å². The van der Waals surface area contributed by atoms with Crippen molar-refractivity contribution in [1.29, 1.82) is 0 Å². The number of benzene rings is 1. The van der Waals surface area contributed by atoms with E-state index in [1.807, 2.05) is 0 Å². The van der Waals surface area contributed by atoms with Gasteiger partial charge in [-0.2, -0.15) is 4.98 Å². The molecule has 2 aromatic rings. The van der Waals surface area contributed by atoms with Crippen molar-refractivity contribution in [2.75, 3.05) is 0 Å². The number of hydrogen-bond donors (Lipinski definition) is 1. The zero-order valence-corrected chi connectivity index (χ0v) is 11.2. The van der Waals surface area contributed by atoms with Crippen molar-refractivity contribution < 1.29 is 13.5 Å². The van der Waals surface area contributed by atoms with Crippen molar-refractivity contribution in [3.8, 4) is 11.8 Å². The van der Waals surface area contributed by atoms with Crippen LogP contribution >= 0.6 is 0 Å².